The SMILES string of the molecule is c1ccc2c(c1)[nH]c1ccc(-c3cc(-c4ccc(-n5c6ccccc6c6ccccc65)cc4)c4[nH]c5ccccc5c4c3)cc12. The van der Waals surface area contributed by atoms with Crippen molar-refractivity contribution in [2.45, 2.75) is 0 Å². The number of hydrogen-bond acceptors (Lipinski definition) is 0. The third-order valence-electron chi connectivity index (χ3n) is 9.47. The Hall–Kier alpha value is -6.06. The molecule has 3 heterocycles. The Kier molecular flexibility index (Phi) is 5.00. The van der Waals surface area contributed by atoms with E-state index in [0.717, 1.165) is 22.2 Å². The number of aromatic nitrogens is 3. The Morgan fingerprint density at radius 2 is 0.889 bits per heavy atom. The van der Waals surface area contributed by atoms with E-state index in [1.54, 1.807) is 0 Å². The van der Waals surface area contributed by atoms with Crippen LogP contribution in [0.4, 0.5) is 0 Å². The van der Waals surface area contributed by atoms with Crippen molar-refractivity contribution < 1.29 is 0 Å². The van der Waals surface area contributed by atoms with Crippen LogP contribution in [0, 0.1) is 0 Å². The van der Waals surface area contributed by atoms with E-state index in [-0.39, 0.29) is 0 Å². The van der Waals surface area contributed by atoms with E-state index in [1.165, 1.54) is 71.1 Å². The van der Waals surface area contributed by atoms with Gasteiger partial charge in [-0.25, -0.2) is 0 Å². The van der Waals surface area contributed by atoms with Crippen molar-refractivity contribution in [1.82, 2.24) is 14.5 Å². The number of nitrogens with one attached hydrogen (secondary N) is 2. The van der Waals surface area contributed by atoms with Gasteiger partial charge in [-0.3, -0.25) is 0 Å². The Balaban J connectivity index is 1.18. The molecule has 3 nitrogen and oxygen atoms in total. The van der Waals surface area contributed by atoms with Gasteiger partial charge in [-0.15, -0.1) is 0 Å². The lowest BCUT2D eigenvalue weighted by Crippen LogP contribution is -1.93. The summed E-state index contributed by atoms with van der Waals surface area (Å²) in [4.78, 5) is 7.33. The summed E-state index contributed by atoms with van der Waals surface area (Å²) in [6, 6.07) is 55.0. The van der Waals surface area contributed by atoms with Crippen molar-refractivity contribution in [2.75, 3.05) is 0 Å². The van der Waals surface area contributed by atoms with Gasteiger partial charge in [0.2, 0.25) is 0 Å². The van der Waals surface area contributed by atoms with E-state index in [2.05, 4.69) is 166 Å². The number of H-pyrrole nitrogens is 2. The third kappa shape index (κ3) is 3.58. The second-order valence-corrected chi connectivity index (χ2v) is 12.0. The summed E-state index contributed by atoms with van der Waals surface area (Å²) in [5, 5.41) is 7.53. The Bertz CT molecular complexity index is 2700. The van der Waals surface area contributed by atoms with Crippen LogP contribution < -0.4 is 0 Å². The van der Waals surface area contributed by atoms with Crippen LogP contribution in [0.5, 0.6) is 0 Å². The van der Waals surface area contributed by atoms with Crippen molar-refractivity contribution in [3.63, 3.8) is 0 Å². The highest BCUT2D eigenvalue weighted by Crippen LogP contribution is 2.40. The van der Waals surface area contributed by atoms with E-state index in [9.17, 15) is 0 Å². The molecule has 2 N–H and O–H groups in total. The van der Waals surface area contributed by atoms with Crippen molar-refractivity contribution >= 4 is 65.4 Å². The summed E-state index contributed by atoms with van der Waals surface area (Å²) < 4.78 is 2.37. The fourth-order valence-corrected chi connectivity index (χ4v) is 7.36. The smallest absolute Gasteiger partial charge is 0.0544 e. The van der Waals surface area contributed by atoms with E-state index in [1.807, 2.05) is 0 Å². The molecule has 3 aromatic heterocycles. The highest BCUT2D eigenvalue weighted by molar-refractivity contribution is 6.14. The van der Waals surface area contributed by atoms with Gasteiger partial charge in [0.25, 0.3) is 0 Å². The minimum absolute atomic E-state index is 1.15. The Morgan fingerprint density at radius 3 is 1.60 bits per heavy atom. The van der Waals surface area contributed by atoms with Gasteiger partial charge < -0.3 is 14.5 Å². The number of nitrogens with zero attached hydrogens (tertiary/aromatic N) is 1. The van der Waals surface area contributed by atoms with Crippen molar-refractivity contribution in [3.8, 4) is 27.9 Å². The number of para-hydroxylation sites is 4. The maximum atomic E-state index is 3.75. The van der Waals surface area contributed by atoms with E-state index >= 15 is 0 Å². The van der Waals surface area contributed by atoms with Crippen LogP contribution in [-0.4, -0.2) is 14.5 Å². The average molecular weight is 574 g/mol. The van der Waals surface area contributed by atoms with Crippen LogP contribution in [0.2, 0.25) is 0 Å². The number of rotatable bonds is 3. The van der Waals surface area contributed by atoms with E-state index in [0.29, 0.717) is 0 Å². The van der Waals surface area contributed by atoms with Crippen molar-refractivity contribution in [1.29, 1.82) is 0 Å². The van der Waals surface area contributed by atoms with Gasteiger partial charge >= 0.3 is 0 Å². The van der Waals surface area contributed by atoms with Crippen LogP contribution in [0.25, 0.3) is 93.4 Å². The topological polar surface area (TPSA) is 36.5 Å². The predicted octanol–water partition coefficient (Wildman–Crippen LogP) is 11.4. The van der Waals surface area contributed by atoms with Gasteiger partial charge in [-0.2, -0.15) is 0 Å². The molecule has 0 aliphatic carbocycles. The molecule has 0 aliphatic heterocycles. The average Bonchev–Trinajstić information content (AvgIpc) is 3.77. The molecule has 0 fully saturated rings. The van der Waals surface area contributed by atoms with Gasteiger partial charge in [0, 0.05) is 60.1 Å². The molecule has 0 saturated carbocycles. The predicted molar refractivity (Wildman–Crippen MR) is 190 cm³/mol. The lowest BCUT2D eigenvalue weighted by molar-refractivity contribution is 1.18. The molecule has 10 rings (SSSR count). The molecule has 0 bridgehead atoms. The first kappa shape index (κ1) is 24.4. The molecule has 0 saturated heterocycles. The van der Waals surface area contributed by atoms with Crippen LogP contribution >= 0.6 is 0 Å². The van der Waals surface area contributed by atoms with Crippen LogP contribution in [0.1, 0.15) is 0 Å². The first-order chi connectivity index (χ1) is 22.3. The first-order valence-corrected chi connectivity index (χ1v) is 15.4. The molecule has 210 valence electrons. The zero-order valence-corrected chi connectivity index (χ0v) is 24.4. The van der Waals surface area contributed by atoms with Crippen molar-refractivity contribution in [2.24, 2.45) is 0 Å². The molecule has 0 amide bonds. The molecule has 0 spiro atoms. The lowest BCUT2D eigenvalue weighted by atomic mass is 9.94. The maximum Gasteiger partial charge on any atom is 0.0544 e. The van der Waals surface area contributed by atoms with Crippen LogP contribution in [0.15, 0.2) is 152 Å². The highest BCUT2D eigenvalue weighted by Gasteiger charge is 2.16. The molecule has 0 aliphatic rings. The first-order valence-electron chi connectivity index (χ1n) is 15.4. The van der Waals surface area contributed by atoms with Crippen LogP contribution in [0.3, 0.4) is 0 Å². The summed E-state index contributed by atoms with van der Waals surface area (Å²) in [6.07, 6.45) is 0. The molecule has 45 heavy (non-hydrogen) atoms. The standard InChI is InChI=1S/C42H27N3/c1-5-13-37-30(9-1)35-23-27(19-22-39(35)43-37)28-24-34(42-36(25-28)31-10-2-6-14-38(31)44-42)26-17-20-29(21-18-26)45-40-15-7-3-11-32(40)33-12-4-8-16-41(33)45/h1-25,43-44H. The molecular weight excluding hydrogens is 546 g/mol. The van der Waals surface area contributed by atoms with Gasteiger partial charge in [-0.1, -0.05) is 91.0 Å². The second-order valence-electron chi connectivity index (χ2n) is 12.0. The van der Waals surface area contributed by atoms with Gasteiger partial charge in [0.15, 0.2) is 0 Å². The van der Waals surface area contributed by atoms with E-state index < -0.39 is 0 Å². The number of hydrogen-bond donors (Lipinski definition) is 2. The van der Waals surface area contributed by atoms with Gasteiger partial charge in [-0.05, 0) is 77.4 Å². The Labute approximate surface area is 259 Å². The summed E-state index contributed by atoms with van der Waals surface area (Å²) in [7, 11) is 0. The Morgan fingerprint density at radius 1 is 0.356 bits per heavy atom. The molecule has 3 heteroatoms. The minimum atomic E-state index is 1.15. The summed E-state index contributed by atoms with van der Waals surface area (Å²) in [6.45, 7) is 0. The molecule has 0 atom stereocenters. The molecule has 0 radical (unpaired) electrons. The maximum absolute atomic E-state index is 3.75. The quantitative estimate of drug-likeness (QED) is 0.211. The molecular formula is C42H27N3. The normalized spacial score (nSPS) is 12.0. The fourth-order valence-electron chi connectivity index (χ4n) is 7.36. The number of aromatic amines is 2. The summed E-state index contributed by atoms with van der Waals surface area (Å²) in [5.41, 5.74) is 13.1. The summed E-state index contributed by atoms with van der Waals surface area (Å²) >= 11 is 0. The molecule has 10 aromatic rings. The van der Waals surface area contributed by atoms with Crippen LogP contribution in [-0.2, 0) is 0 Å². The molecule has 7 aromatic carbocycles. The van der Waals surface area contributed by atoms with Gasteiger partial charge in [0.05, 0.1) is 16.6 Å². The summed E-state index contributed by atoms with van der Waals surface area (Å²) in [5.74, 6) is 0. The third-order valence-corrected chi connectivity index (χ3v) is 9.47. The zero-order valence-electron chi connectivity index (χ0n) is 24.4. The zero-order chi connectivity index (χ0) is 29.5. The second kappa shape index (κ2) is 9.22. The largest absolute Gasteiger partial charge is 0.355 e. The lowest BCUT2D eigenvalue weighted by Gasteiger charge is -2.12. The minimum Gasteiger partial charge on any atom is -0.355 e. The van der Waals surface area contributed by atoms with E-state index in [4.69, 9.17) is 0 Å². The molecule has 0 unspecified atom stereocenters. The number of benzene rings is 7. The number of fused-ring (bicyclic) bond motifs is 9. The highest BCUT2D eigenvalue weighted by atomic mass is 15.0. The van der Waals surface area contributed by atoms with Crippen molar-refractivity contribution in [3.05, 3.63) is 152 Å². The fraction of sp³-hybridized carbons (Fsp3) is 0. The van der Waals surface area contributed by atoms with Gasteiger partial charge in [0.1, 0.15) is 0 Å². The monoisotopic (exact) mass is 573 g/mol.